The molecule has 0 bridgehead atoms. The molecular formula is C15H22N2O2S. The maximum atomic E-state index is 10.6. The van der Waals surface area contributed by atoms with E-state index in [4.69, 9.17) is 5.11 Å². The van der Waals surface area contributed by atoms with Crippen LogP contribution < -0.4 is 4.90 Å². The molecule has 2 atom stereocenters. The number of aliphatic carboxylic acids is 1. The number of aromatic nitrogens is 1. The van der Waals surface area contributed by atoms with Crippen molar-refractivity contribution in [2.75, 3.05) is 11.4 Å². The highest BCUT2D eigenvalue weighted by molar-refractivity contribution is 7.13. The Hall–Kier alpha value is -1.10. The van der Waals surface area contributed by atoms with Crippen molar-refractivity contribution in [3.8, 4) is 0 Å². The molecule has 1 saturated carbocycles. The van der Waals surface area contributed by atoms with Crippen molar-refractivity contribution in [3.05, 3.63) is 11.1 Å². The number of hydrogen-bond donors (Lipinski definition) is 1. The topological polar surface area (TPSA) is 53.4 Å². The molecule has 2 aliphatic rings. The Morgan fingerprint density at radius 1 is 1.35 bits per heavy atom. The lowest BCUT2D eigenvalue weighted by Crippen LogP contribution is -2.46. The van der Waals surface area contributed by atoms with E-state index in [0.717, 1.165) is 23.3 Å². The molecule has 1 aromatic heterocycles. The summed E-state index contributed by atoms with van der Waals surface area (Å²) in [6.07, 6.45) is 8.77. The first-order valence-electron chi connectivity index (χ1n) is 7.67. The highest BCUT2D eigenvalue weighted by Gasteiger charge is 2.34. The van der Waals surface area contributed by atoms with E-state index < -0.39 is 5.97 Å². The highest BCUT2D eigenvalue weighted by atomic mass is 32.1. The summed E-state index contributed by atoms with van der Waals surface area (Å²) in [5.74, 6) is 0.105. The summed E-state index contributed by atoms with van der Waals surface area (Å²) in [6.45, 7) is 1.12. The van der Waals surface area contributed by atoms with E-state index in [2.05, 4.69) is 9.88 Å². The van der Waals surface area contributed by atoms with Gasteiger partial charge in [-0.2, -0.15) is 0 Å². The van der Waals surface area contributed by atoms with E-state index in [1.807, 2.05) is 5.38 Å². The molecule has 2 unspecified atom stereocenters. The van der Waals surface area contributed by atoms with Gasteiger partial charge >= 0.3 is 5.97 Å². The van der Waals surface area contributed by atoms with Crippen LogP contribution in [-0.2, 0) is 11.2 Å². The van der Waals surface area contributed by atoms with Crippen molar-refractivity contribution in [2.24, 2.45) is 5.92 Å². The van der Waals surface area contributed by atoms with Gasteiger partial charge < -0.3 is 10.0 Å². The van der Waals surface area contributed by atoms with E-state index in [-0.39, 0.29) is 6.42 Å². The quantitative estimate of drug-likeness (QED) is 0.925. The largest absolute Gasteiger partial charge is 0.481 e. The second-order valence-corrected chi connectivity index (χ2v) is 6.80. The third-order valence-electron chi connectivity index (χ3n) is 4.62. The first kappa shape index (κ1) is 13.9. The number of hydrogen-bond acceptors (Lipinski definition) is 4. The van der Waals surface area contributed by atoms with Gasteiger partial charge in [-0.15, -0.1) is 11.3 Å². The third kappa shape index (κ3) is 2.97. The molecule has 0 radical (unpaired) electrons. The molecule has 110 valence electrons. The van der Waals surface area contributed by atoms with Gasteiger partial charge in [0.25, 0.3) is 0 Å². The summed E-state index contributed by atoms with van der Waals surface area (Å²) in [7, 11) is 0. The van der Waals surface area contributed by atoms with E-state index in [1.54, 1.807) is 11.3 Å². The van der Waals surface area contributed by atoms with Crippen molar-refractivity contribution in [1.82, 2.24) is 4.98 Å². The number of carbonyl (C=O) groups is 1. The molecule has 20 heavy (non-hydrogen) atoms. The van der Waals surface area contributed by atoms with Crippen molar-refractivity contribution in [3.63, 3.8) is 0 Å². The maximum Gasteiger partial charge on any atom is 0.303 e. The fraction of sp³-hybridized carbons (Fsp3) is 0.733. The van der Waals surface area contributed by atoms with Gasteiger partial charge in [0.2, 0.25) is 0 Å². The highest BCUT2D eigenvalue weighted by Crippen LogP contribution is 2.38. The van der Waals surface area contributed by atoms with Crippen LogP contribution in [0, 0.1) is 5.92 Å². The third-order valence-corrected chi connectivity index (χ3v) is 5.55. The molecule has 2 fully saturated rings. The van der Waals surface area contributed by atoms with Gasteiger partial charge in [0.15, 0.2) is 5.13 Å². The molecule has 5 heteroatoms. The molecule has 1 saturated heterocycles. The molecule has 1 aliphatic carbocycles. The number of fused-ring (bicyclic) bond motifs is 1. The minimum absolute atomic E-state index is 0.176. The zero-order valence-electron chi connectivity index (χ0n) is 11.8. The van der Waals surface area contributed by atoms with E-state index in [1.165, 1.54) is 38.5 Å². The Labute approximate surface area is 123 Å². The predicted octanol–water partition coefficient (Wildman–Crippen LogP) is 3.32. The summed E-state index contributed by atoms with van der Waals surface area (Å²) < 4.78 is 0. The Morgan fingerprint density at radius 3 is 3.00 bits per heavy atom. The molecule has 1 aliphatic heterocycles. The van der Waals surface area contributed by atoms with Gasteiger partial charge in [0.1, 0.15) is 0 Å². The monoisotopic (exact) mass is 294 g/mol. The number of thiazole rings is 1. The standard InChI is InChI=1S/C15H22N2O2S/c18-14(19)8-7-12-10-20-15(16-12)17-9-3-5-11-4-1-2-6-13(11)17/h10-11,13H,1-9H2,(H,18,19). The van der Waals surface area contributed by atoms with Crippen LogP contribution in [0.2, 0.25) is 0 Å². The van der Waals surface area contributed by atoms with Gasteiger partial charge in [-0.3, -0.25) is 4.79 Å². The van der Waals surface area contributed by atoms with Crippen LogP contribution in [0.25, 0.3) is 0 Å². The Kier molecular flexibility index (Phi) is 4.24. The summed E-state index contributed by atoms with van der Waals surface area (Å²) >= 11 is 1.69. The van der Waals surface area contributed by atoms with E-state index in [0.29, 0.717) is 12.5 Å². The van der Waals surface area contributed by atoms with Crippen molar-refractivity contribution in [1.29, 1.82) is 0 Å². The second-order valence-electron chi connectivity index (χ2n) is 5.96. The summed E-state index contributed by atoms with van der Waals surface area (Å²) in [4.78, 5) is 17.8. The molecular weight excluding hydrogens is 272 g/mol. The van der Waals surface area contributed by atoms with Gasteiger partial charge in [-0.25, -0.2) is 4.98 Å². The minimum atomic E-state index is -0.745. The SMILES string of the molecule is O=C(O)CCc1csc(N2CCCC3CCCCC32)n1. The van der Waals surface area contributed by atoms with Crippen LogP contribution in [0.3, 0.4) is 0 Å². The smallest absolute Gasteiger partial charge is 0.303 e. The van der Waals surface area contributed by atoms with Crippen molar-refractivity contribution in [2.45, 2.75) is 57.4 Å². The van der Waals surface area contributed by atoms with Crippen LogP contribution in [0.5, 0.6) is 0 Å². The molecule has 0 spiro atoms. The summed E-state index contributed by atoms with van der Waals surface area (Å²) in [5.41, 5.74) is 0.935. The van der Waals surface area contributed by atoms with Crippen molar-refractivity contribution >= 4 is 22.4 Å². The number of piperidine rings is 1. The van der Waals surface area contributed by atoms with Crippen molar-refractivity contribution < 1.29 is 9.90 Å². The van der Waals surface area contributed by atoms with E-state index >= 15 is 0 Å². The van der Waals surface area contributed by atoms with Crippen LogP contribution in [0.15, 0.2) is 5.38 Å². The second kappa shape index (κ2) is 6.12. The predicted molar refractivity (Wildman–Crippen MR) is 80.4 cm³/mol. The summed E-state index contributed by atoms with van der Waals surface area (Å²) in [6, 6.07) is 0.677. The lowest BCUT2D eigenvalue weighted by molar-refractivity contribution is -0.136. The number of carboxylic acids is 1. The number of carboxylic acid groups (broad SMARTS) is 1. The van der Waals surface area contributed by atoms with E-state index in [9.17, 15) is 4.79 Å². The lowest BCUT2D eigenvalue weighted by Gasteiger charge is -2.44. The summed E-state index contributed by atoms with van der Waals surface area (Å²) in [5, 5.41) is 11.9. The Morgan fingerprint density at radius 2 is 2.15 bits per heavy atom. The molecule has 3 rings (SSSR count). The van der Waals surface area contributed by atoms with Crippen LogP contribution in [-0.4, -0.2) is 28.6 Å². The van der Waals surface area contributed by atoms with Gasteiger partial charge in [0.05, 0.1) is 12.1 Å². The molecule has 2 heterocycles. The minimum Gasteiger partial charge on any atom is -0.481 e. The molecule has 0 amide bonds. The maximum absolute atomic E-state index is 10.6. The zero-order chi connectivity index (χ0) is 13.9. The van der Waals surface area contributed by atoms with Crippen LogP contribution >= 0.6 is 11.3 Å². The Bertz CT molecular complexity index is 472. The normalized spacial score (nSPS) is 26.3. The van der Waals surface area contributed by atoms with Gasteiger partial charge in [-0.05, 0) is 31.6 Å². The fourth-order valence-corrected chi connectivity index (χ4v) is 4.58. The number of nitrogens with zero attached hydrogens (tertiary/aromatic N) is 2. The van der Waals surface area contributed by atoms with Crippen LogP contribution in [0.4, 0.5) is 5.13 Å². The first-order chi connectivity index (χ1) is 9.74. The molecule has 4 nitrogen and oxygen atoms in total. The molecule has 1 aromatic rings. The number of aryl methyl sites for hydroxylation is 1. The van der Waals surface area contributed by atoms with Gasteiger partial charge in [-0.1, -0.05) is 12.8 Å². The number of rotatable bonds is 4. The molecule has 1 N–H and O–H groups in total. The average Bonchev–Trinajstić information content (AvgIpc) is 2.93. The zero-order valence-corrected chi connectivity index (χ0v) is 12.6. The number of anilines is 1. The lowest BCUT2D eigenvalue weighted by atomic mass is 9.78. The Balaban J connectivity index is 1.69. The first-order valence-corrected chi connectivity index (χ1v) is 8.55. The molecule has 0 aromatic carbocycles. The van der Waals surface area contributed by atoms with Gasteiger partial charge in [0, 0.05) is 24.4 Å². The average molecular weight is 294 g/mol. The fourth-order valence-electron chi connectivity index (χ4n) is 3.64. The van der Waals surface area contributed by atoms with Crippen LogP contribution in [0.1, 0.15) is 50.6 Å².